The second-order valence-corrected chi connectivity index (χ2v) is 7.22. The lowest BCUT2D eigenvalue weighted by Crippen LogP contribution is -2.30. The highest BCUT2D eigenvalue weighted by Gasteiger charge is 2.21. The van der Waals surface area contributed by atoms with E-state index < -0.39 is 0 Å². The van der Waals surface area contributed by atoms with Crippen LogP contribution in [0.1, 0.15) is 18.4 Å². The molecule has 0 aromatic heterocycles. The molecule has 0 radical (unpaired) electrons. The molecule has 1 saturated heterocycles. The van der Waals surface area contributed by atoms with Crippen molar-refractivity contribution in [3.05, 3.63) is 58.6 Å². The van der Waals surface area contributed by atoms with E-state index in [2.05, 4.69) is 15.9 Å². The van der Waals surface area contributed by atoms with Gasteiger partial charge in [0.1, 0.15) is 5.75 Å². The summed E-state index contributed by atoms with van der Waals surface area (Å²) in [4.78, 5) is 27.4. The number of halogens is 1. The minimum atomic E-state index is -0.0910. The fourth-order valence-electron chi connectivity index (χ4n) is 2.85. The number of anilines is 1. The molecule has 0 aliphatic carbocycles. The molecule has 3 rings (SSSR count). The smallest absolute Gasteiger partial charge is 0.260 e. The predicted octanol–water partition coefficient (Wildman–Crippen LogP) is 3.61. The minimum absolute atomic E-state index is 0.0188. The first kappa shape index (κ1) is 18.5. The molecular formula is C20H21BrN2O3. The molecule has 0 saturated carbocycles. The molecule has 2 amide bonds. The Bertz CT molecular complexity index is 775. The van der Waals surface area contributed by atoms with Gasteiger partial charge in [-0.05, 0) is 48.4 Å². The summed E-state index contributed by atoms with van der Waals surface area (Å²) in [5, 5.41) is 0. The predicted molar refractivity (Wildman–Crippen MR) is 104 cm³/mol. The number of hydrogen-bond acceptors (Lipinski definition) is 3. The molecule has 136 valence electrons. The monoisotopic (exact) mass is 416 g/mol. The van der Waals surface area contributed by atoms with Crippen molar-refractivity contribution in [2.45, 2.75) is 19.4 Å². The van der Waals surface area contributed by atoms with Crippen molar-refractivity contribution < 1.29 is 14.3 Å². The summed E-state index contributed by atoms with van der Waals surface area (Å²) in [5.41, 5.74) is 1.93. The van der Waals surface area contributed by atoms with Crippen LogP contribution >= 0.6 is 15.9 Å². The fraction of sp³-hybridized carbons (Fsp3) is 0.300. The molecule has 0 unspecified atom stereocenters. The molecule has 1 aliphatic rings. The maximum Gasteiger partial charge on any atom is 0.260 e. The molecule has 2 aromatic rings. The lowest BCUT2D eigenvalue weighted by atomic mass is 10.2. The first-order valence-corrected chi connectivity index (χ1v) is 9.34. The molecule has 2 aromatic carbocycles. The van der Waals surface area contributed by atoms with E-state index in [9.17, 15) is 9.59 Å². The van der Waals surface area contributed by atoms with E-state index >= 15 is 0 Å². The van der Waals surface area contributed by atoms with Gasteiger partial charge in [-0.25, -0.2) is 0 Å². The van der Waals surface area contributed by atoms with Crippen LogP contribution in [0.3, 0.4) is 0 Å². The summed E-state index contributed by atoms with van der Waals surface area (Å²) < 4.78 is 6.60. The van der Waals surface area contributed by atoms with Crippen LogP contribution in [0.2, 0.25) is 0 Å². The average molecular weight is 417 g/mol. The van der Waals surface area contributed by atoms with Gasteiger partial charge in [-0.2, -0.15) is 0 Å². The highest BCUT2D eigenvalue weighted by molar-refractivity contribution is 9.10. The maximum atomic E-state index is 12.2. The lowest BCUT2D eigenvalue weighted by molar-refractivity contribution is -0.132. The number of nitrogens with zero attached hydrogens (tertiary/aromatic N) is 2. The standard InChI is InChI=1S/C20H21BrN2O3/c1-22(13-15-4-6-16(21)7-5-15)20(25)14-26-18-10-8-17(9-11-18)23-12-2-3-19(23)24/h4-11H,2-3,12-14H2,1H3. The van der Waals surface area contributed by atoms with Gasteiger partial charge in [0, 0.05) is 36.7 Å². The van der Waals surface area contributed by atoms with Crippen LogP contribution < -0.4 is 9.64 Å². The van der Waals surface area contributed by atoms with Crippen molar-refractivity contribution >= 4 is 33.4 Å². The van der Waals surface area contributed by atoms with Crippen molar-refractivity contribution in [1.82, 2.24) is 4.90 Å². The topological polar surface area (TPSA) is 49.9 Å². The van der Waals surface area contributed by atoms with E-state index in [0.717, 1.165) is 28.7 Å². The molecule has 0 spiro atoms. The van der Waals surface area contributed by atoms with Crippen molar-refractivity contribution in [1.29, 1.82) is 0 Å². The quantitative estimate of drug-likeness (QED) is 0.722. The molecule has 5 nitrogen and oxygen atoms in total. The zero-order valence-electron chi connectivity index (χ0n) is 14.7. The van der Waals surface area contributed by atoms with Gasteiger partial charge in [0.05, 0.1) is 0 Å². The zero-order valence-corrected chi connectivity index (χ0v) is 16.2. The van der Waals surface area contributed by atoms with Gasteiger partial charge in [0.2, 0.25) is 5.91 Å². The molecule has 1 aliphatic heterocycles. The Labute approximate surface area is 161 Å². The normalized spacial score (nSPS) is 13.8. The van der Waals surface area contributed by atoms with Crippen LogP contribution in [-0.4, -0.2) is 36.9 Å². The number of rotatable bonds is 6. The Balaban J connectivity index is 1.50. The second kappa shape index (κ2) is 8.36. The third-order valence-corrected chi connectivity index (χ3v) is 4.87. The van der Waals surface area contributed by atoms with Crippen LogP contribution in [0.25, 0.3) is 0 Å². The van der Waals surface area contributed by atoms with E-state index in [-0.39, 0.29) is 18.4 Å². The number of carbonyl (C=O) groups is 2. The third kappa shape index (κ3) is 4.64. The first-order valence-electron chi connectivity index (χ1n) is 8.54. The molecule has 0 atom stereocenters. The number of carbonyl (C=O) groups excluding carboxylic acids is 2. The molecule has 0 N–H and O–H groups in total. The fourth-order valence-corrected chi connectivity index (χ4v) is 3.11. The van der Waals surface area contributed by atoms with Gasteiger partial charge in [-0.15, -0.1) is 0 Å². The van der Waals surface area contributed by atoms with Crippen LogP contribution in [-0.2, 0) is 16.1 Å². The van der Waals surface area contributed by atoms with Crippen molar-refractivity contribution in [3.8, 4) is 5.75 Å². The maximum absolute atomic E-state index is 12.2. The minimum Gasteiger partial charge on any atom is -0.484 e. The lowest BCUT2D eigenvalue weighted by Gasteiger charge is -2.18. The van der Waals surface area contributed by atoms with E-state index in [1.807, 2.05) is 36.4 Å². The Hall–Kier alpha value is -2.34. The van der Waals surface area contributed by atoms with Gasteiger partial charge in [-0.1, -0.05) is 28.1 Å². The molecule has 1 heterocycles. The molecule has 0 bridgehead atoms. The number of ether oxygens (including phenoxy) is 1. The zero-order chi connectivity index (χ0) is 18.5. The molecular weight excluding hydrogens is 396 g/mol. The van der Waals surface area contributed by atoms with E-state index in [0.29, 0.717) is 18.7 Å². The van der Waals surface area contributed by atoms with Gasteiger partial charge in [-0.3, -0.25) is 9.59 Å². The molecule has 26 heavy (non-hydrogen) atoms. The number of amides is 2. The second-order valence-electron chi connectivity index (χ2n) is 6.31. The summed E-state index contributed by atoms with van der Waals surface area (Å²) in [6.07, 6.45) is 1.51. The van der Waals surface area contributed by atoms with Crippen molar-refractivity contribution in [2.75, 3.05) is 25.1 Å². The van der Waals surface area contributed by atoms with Gasteiger partial charge in [0.15, 0.2) is 6.61 Å². The number of benzene rings is 2. The highest BCUT2D eigenvalue weighted by Crippen LogP contribution is 2.24. The summed E-state index contributed by atoms with van der Waals surface area (Å²) >= 11 is 3.40. The van der Waals surface area contributed by atoms with Crippen LogP contribution in [0.15, 0.2) is 53.0 Å². The van der Waals surface area contributed by atoms with Crippen molar-refractivity contribution in [3.63, 3.8) is 0 Å². The average Bonchev–Trinajstić information content (AvgIpc) is 3.08. The number of likely N-dealkylation sites (N-methyl/N-ethyl adjacent to an activating group) is 1. The van der Waals surface area contributed by atoms with Gasteiger partial charge < -0.3 is 14.5 Å². The molecule has 6 heteroatoms. The Morgan fingerprint density at radius 3 is 2.46 bits per heavy atom. The highest BCUT2D eigenvalue weighted by atomic mass is 79.9. The van der Waals surface area contributed by atoms with Crippen LogP contribution in [0.5, 0.6) is 5.75 Å². The van der Waals surface area contributed by atoms with Gasteiger partial charge in [0.25, 0.3) is 5.91 Å². The number of hydrogen-bond donors (Lipinski definition) is 0. The van der Waals surface area contributed by atoms with Crippen LogP contribution in [0.4, 0.5) is 5.69 Å². The van der Waals surface area contributed by atoms with Gasteiger partial charge >= 0.3 is 0 Å². The molecule has 1 fully saturated rings. The first-order chi connectivity index (χ1) is 12.5. The Morgan fingerprint density at radius 2 is 1.85 bits per heavy atom. The van der Waals surface area contributed by atoms with E-state index in [1.54, 1.807) is 29.0 Å². The summed E-state index contributed by atoms with van der Waals surface area (Å²) in [6.45, 7) is 1.28. The van der Waals surface area contributed by atoms with Crippen LogP contribution in [0, 0.1) is 0 Å². The summed E-state index contributed by atoms with van der Waals surface area (Å²) in [6, 6.07) is 15.2. The summed E-state index contributed by atoms with van der Waals surface area (Å²) in [5.74, 6) is 0.681. The van der Waals surface area contributed by atoms with Crippen molar-refractivity contribution in [2.24, 2.45) is 0 Å². The Morgan fingerprint density at radius 1 is 1.15 bits per heavy atom. The Kier molecular flexibility index (Phi) is 5.93. The van der Waals surface area contributed by atoms with E-state index in [4.69, 9.17) is 4.74 Å². The largest absolute Gasteiger partial charge is 0.484 e. The summed E-state index contributed by atoms with van der Waals surface area (Å²) in [7, 11) is 1.76. The SMILES string of the molecule is CN(Cc1ccc(Br)cc1)C(=O)COc1ccc(N2CCCC2=O)cc1. The van der Waals surface area contributed by atoms with E-state index in [1.165, 1.54) is 0 Å². The third-order valence-electron chi connectivity index (χ3n) is 4.34.